The number of carbonyl (C=O) groups is 1. The Balaban J connectivity index is 2.17. The van der Waals surface area contributed by atoms with Crippen LogP contribution < -0.4 is 10.5 Å². The fourth-order valence-corrected chi connectivity index (χ4v) is 2.77. The number of likely N-dealkylation sites (tertiary alicyclic amines) is 1. The van der Waals surface area contributed by atoms with Crippen LogP contribution in [0.4, 0.5) is 5.69 Å². The molecule has 2 rings (SSSR count). The Morgan fingerprint density at radius 2 is 2.32 bits per heavy atom. The van der Waals surface area contributed by atoms with Gasteiger partial charge in [-0.3, -0.25) is 4.79 Å². The second-order valence-corrected chi connectivity index (χ2v) is 5.12. The van der Waals surface area contributed by atoms with Crippen molar-refractivity contribution < 1.29 is 9.53 Å². The van der Waals surface area contributed by atoms with Crippen molar-refractivity contribution in [2.45, 2.75) is 26.2 Å². The van der Waals surface area contributed by atoms with Gasteiger partial charge in [-0.1, -0.05) is 19.4 Å². The van der Waals surface area contributed by atoms with Gasteiger partial charge in [0, 0.05) is 18.8 Å². The smallest absolute Gasteiger partial charge is 0.259 e. The van der Waals surface area contributed by atoms with Crippen molar-refractivity contribution in [3.8, 4) is 5.75 Å². The number of ether oxygens (including phenoxy) is 1. The minimum absolute atomic E-state index is 0.00597. The lowest BCUT2D eigenvalue weighted by Crippen LogP contribution is -2.29. The molecule has 1 aromatic carbocycles. The van der Waals surface area contributed by atoms with Gasteiger partial charge in [-0.05, 0) is 30.9 Å². The number of nitrogen functional groups attached to an aromatic ring is 1. The second kappa shape index (κ2) is 5.95. The first-order chi connectivity index (χ1) is 9.17. The van der Waals surface area contributed by atoms with Gasteiger partial charge in [0.15, 0.2) is 0 Å². The Morgan fingerprint density at radius 1 is 1.53 bits per heavy atom. The Labute approximate surface area is 114 Å². The topological polar surface area (TPSA) is 55.6 Å². The van der Waals surface area contributed by atoms with E-state index in [1.54, 1.807) is 25.3 Å². The zero-order chi connectivity index (χ0) is 13.8. The van der Waals surface area contributed by atoms with Gasteiger partial charge >= 0.3 is 0 Å². The van der Waals surface area contributed by atoms with Crippen molar-refractivity contribution in [1.29, 1.82) is 0 Å². The first kappa shape index (κ1) is 13.7. The maximum Gasteiger partial charge on any atom is 0.259 e. The molecule has 1 atom stereocenters. The molecule has 104 valence electrons. The number of nitrogens with zero attached hydrogens (tertiary/aromatic N) is 1. The maximum absolute atomic E-state index is 12.6. The number of carbonyl (C=O) groups excluding carboxylic acids is 1. The summed E-state index contributed by atoms with van der Waals surface area (Å²) in [5, 5.41) is 0. The number of benzene rings is 1. The van der Waals surface area contributed by atoms with Crippen LogP contribution in [0.5, 0.6) is 5.75 Å². The molecule has 1 unspecified atom stereocenters. The Kier molecular flexibility index (Phi) is 4.30. The minimum atomic E-state index is -0.00597. The van der Waals surface area contributed by atoms with Crippen LogP contribution >= 0.6 is 0 Å². The van der Waals surface area contributed by atoms with E-state index in [-0.39, 0.29) is 5.91 Å². The number of anilines is 1. The lowest BCUT2D eigenvalue weighted by atomic mass is 10.0. The molecular formula is C15H22N2O2. The van der Waals surface area contributed by atoms with Crippen LogP contribution in [0, 0.1) is 5.92 Å². The summed E-state index contributed by atoms with van der Waals surface area (Å²) in [5.74, 6) is 1.18. The lowest BCUT2D eigenvalue weighted by molar-refractivity contribution is 0.0784. The molecule has 0 aromatic heterocycles. The molecule has 1 aliphatic rings. The molecule has 1 saturated heterocycles. The Bertz CT molecular complexity index is 459. The minimum Gasteiger partial charge on any atom is -0.496 e. The normalized spacial score (nSPS) is 18.6. The molecule has 1 aromatic rings. The molecule has 19 heavy (non-hydrogen) atoms. The third-order valence-electron chi connectivity index (χ3n) is 3.76. The second-order valence-electron chi connectivity index (χ2n) is 5.12. The molecule has 1 heterocycles. The van der Waals surface area contributed by atoms with Crippen LogP contribution in [0.3, 0.4) is 0 Å². The average Bonchev–Trinajstić information content (AvgIpc) is 2.86. The van der Waals surface area contributed by atoms with E-state index in [1.807, 2.05) is 4.90 Å². The number of methoxy groups -OCH3 is 1. The summed E-state index contributed by atoms with van der Waals surface area (Å²) < 4.78 is 5.25. The molecule has 1 fully saturated rings. The van der Waals surface area contributed by atoms with Gasteiger partial charge in [-0.15, -0.1) is 0 Å². The van der Waals surface area contributed by atoms with Gasteiger partial charge in [0.1, 0.15) is 11.3 Å². The molecule has 0 radical (unpaired) electrons. The molecule has 0 bridgehead atoms. The molecule has 1 aliphatic heterocycles. The van der Waals surface area contributed by atoms with Crippen LogP contribution in [-0.4, -0.2) is 31.0 Å². The van der Waals surface area contributed by atoms with Crippen LogP contribution in [0.1, 0.15) is 36.5 Å². The molecule has 0 aliphatic carbocycles. The third-order valence-corrected chi connectivity index (χ3v) is 3.76. The molecule has 2 N–H and O–H groups in total. The van der Waals surface area contributed by atoms with E-state index in [9.17, 15) is 4.79 Å². The van der Waals surface area contributed by atoms with Crippen LogP contribution in [0.25, 0.3) is 0 Å². The Morgan fingerprint density at radius 3 is 3.00 bits per heavy atom. The lowest BCUT2D eigenvalue weighted by Gasteiger charge is -2.19. The molecule has 4 heteroatoms. The van der Waals surface area contributed by atoms with Crippen molar-refractivity contribution in [2.75, 3.05) is 25.9 Å². The third kappa shape index (κ3) is 2.83. The van der Waals surface area contributed by atoms with Crippen molar-refractivity contribution in [3.05, 3.63) is 23.8 Å². The number of amides is 1. The fraction of sp³-hybridized carbons (Fsp3) is 0.533. The number of hydrogen-bond acceptors (Lipinski definition) is 3. The molecule has 0 spiro atoms. The van der Waals surface area contributed by atoms with Crippen LogP contribution in [0.2, 0.25) is 0 Å². The van der Waals surface area contributed by atoms with Crippen molar-refractivity contribution in [3.63, 3.8) is 0 Å². The highest BCUT2D eigenvalue weighted by Gasteiger charge is 2.28. The zero-order valence-electron chi connectivity index (χ0n) is 11.7. The van der Waals surface area contributed by atoms with E-state index >= 15 is 0 Å². The maximum atomic E-state index is 12.6. The summed E-state index contributed by atoms with van der Waals surface area (Å²) in [6.07, 6.45) is 3.45. The monoisotopic (exact) mass is 262 g/mol. The molecule has 4 nitrogen and oxygen atoms in total. The zero-order valence-corrected chi connectivity index (χ0v) is 11.7. The van der Waals surface area contributed by atoms with Gasteiger partial charge in [-0.25, -0.2) is 0 Å². The van der Waals surface area contributed by atoms with E-state index in [2.05, 4.69) is 6.92 Å². The van der Waals surface area contributed by atoms with E-state index in [0.717, 1.165) is 19.5 Å². The van der Waals surface area contributed by atoms with Gasteiger partial charge in [0.2, 0.25) is 0 Å². The van der Waals surface area contributed by atoms with Gasteiger partial charge < -0.3 is 15.4 Å². The van der Waals surface area contributed by atoms with E-state index < -0.39 is 0 Å². The summed E-state index contributed by atoms with van der Waals surface area (Å²) in [4.78, 5) is 14.5. The van der Waals surface area contributed by atoms with Gasteiger partial charge in [-0.2, -0.15) is 0 Å². The Hall–Kier alpha value is -1.71. The summed E-state index contributed by atoms with van der Waals surface area (Å²) in [5.41, 5.74) is 6.92. The number of rotatable bonds is 4. The molecule has 0 saturated carbocycles. The summed E-state index contributed by atoms with van der Waals surface area (Å²) in [7, 11) is 1.56. The highest BCUT2D eigenvalue weighted by Crippen LogP contribution is 2.29. The first-order valence-electron chi connectivity index (χ1n) is 6.89. The van der Waals surface area contributed by atoms with Crippen molar-refractivity contribution in [1.82, 2.24) is 4.90 Å². The quantitative estimate of drug-likeness (QED) is 0.848. The van der Waals surface area contributed by atoms with Crippen LogP contribution in [-0.2, 0) is 0 Å². The van der Waals surface area contributed by atoms with E-state index in [0.29, 0.717) is 22.9 Å². The average molecular weight is 262 g/mol. The summed E-state index contributed by atoms with van der Waals surface area (Å²) in [6.45, 7) is 3.84. The number of nitrogens with two attached hydrogens (primary N) is 1. The van der Waals surface area contributed by atoms with Gasteiger partial charge in [0.05, 0.1) is 7.11 Å². The van der Waals surface area contributed by atoms with Crippen LogP contribution in [0.15, 0.2) is 18.2 Å². The fourth-order valence-electron chi connectivity index (χ4n) is 2.77. The van der Waals surface area contributed by atoms with Crippen molar-refractivity contribution in [2.24, 2.45) is 5.92 Å². The predicted octanol–water partition coefficient (Wildman–Crippen LogP) is 2.54. The van der Waals surface area contributed by atoms with E-state index in [1.165, 1.54) is 12.8 Å². The largest absolute Gasteiger partial charge is 0.496 e. The molecule has 1 amide bonds. The predicted molar refractivity (Wildman–Crippen MR) is 76.3 cm³/mol. The highest BCUT2D eigenvalue weighted by molar-refractivity contribution is 6.02. The van der Waals surface area contributed by atoms with Crippen molar-refractivity contribution >= 4 is 11.6 Å². The number of hydrogen-bond donors (Lipinski definition) is 1. The van der Waals surface area contributed by atoms with Gasteiger partial charge in [0.25, 0.3) is 5.91 Å². The summed E-state index contributed by atoms with van der Waals surface area (Å²) >= 11 is 0. The summed E-state index contributed by atoms with van der Waals surface area (Å²) in [6, 6.07) is 5.33. The molecular weight excluding hydrogens is 240 g/mol. The highest BCUT2D eigenvalue weighted by atomic mass is 16.5. The SMILES string of the molecule is CCCC1CCN(C(=O)c2c(N)cccc2OC)C1. The van der Waals surface area contributed by atoms with E-state index in [4.69, 9.17) is 10.5 Å². The standard InChI is InChI=1S/C15H22N2O2/c1-3-5-11-8-9-17(10-11)15(18)14-12(16)6-4-7-13(14)19-2/h4,6-7,11H,3,5,8-10,16H2,1-2H3. The first-order valence-corrected chi connectivity index (χ1v) is 6.89.